The Morgan fingerprint density at radius 3 is 2.80 bits per heavy atom. The van der Waals surface area contributed by atoms with Crippen LogP contribution in [0.2, 0.25) is 0 Å². The number of aliphatic hydroxyl groups excluding tert-OH is 1. The van der Waals surface area contributed by atoms with E-state index >= 15 is 0 Å². The Morgan fingerprint density at radius 1 is 1.25 bits per heavy atom. The summed E-state index contributed by atoms with van der Waals surface area (Å²) in [4.78, 5) is 8.83. The van der Waals surface area contributed by atoms with Crippen LogP contribution in [0.4, 0.5) is 0 Å². The van der Waals surface area contributed by atoms with Gasteiger partial charge in [-0.15, -0.1) is 0 Å². The molecule has 0 radical (unpaired) electrons. The molecule has 3 nitrogen and oxygen atoms in total. The molecule has 0 saturated carbocycles. The van der Waals surface area contributed by atoms with E-state index in [2.05, 4.69) is 25.9 Å². The molecule has 1 heterocycles. The minimum atomic E-state index is -0.505. The van der Waals surface area contributed by atoms with Gasteiger partial charge in [0, 0.05) is 9.37 Å². The number of aromatic nitrogens is 2. The summed E-state index contributed by atoms with van der Waals surface area (Å²) in [6.07, 6.45) is -0.505. The second-order valence-corrected chi connectivity index (χ2v) is 6.47. The number of nitrogens with one attached hydrogen (secondary N) is 1. The van der Waals surface area contributed by atoms with Crippen LogP contribution in [0.5, 0.6) is 0 Å². The van der Waals surface area contributed by atoms with E-state index in [-0.39, 0.29) is 0 Å². The molecule has 0 aliphatic carbocycles. The summed E-state index contributed by atoms with van der Waals surface area (Å²) in [7, 11) is 0. The topological polar surface area (TPSA) is 48.9 Å². The van der Waals surface area contributed by atoms with Crippen LogP contribution in [0.3, 0.4) is 0 Å². The number of rotatable bonds is 3. The van der Waals surface area contributed by atoms with Crippen molar-refractivity contribution in [2.45, 2.75) is 23.1 Å². The fourth-order valence-corrected chi connectivity index (χ4v) is 3.59. The van der Waals surface area contributed by atoms with Gasteiger partial charge in [-0.1, -0.05) is 45.9 Å². The Morgan fingerprint density at radius 2 is 2.05 bits per heavy atom. The predicted octanol–water partition coefficient (Wildman–Crippen LogP) is 4.53. The maximum absolute atomic E-state index is 9.85. The third kappa shape index (κ3) is 2.75. The monoisotopic (exact) mass is 348 g/mol. The third-order valence-corrected chi connectivity index (χ3v) is 4.45. The predicted molar refractivity (Wildman–Crippen MR) is 85.0 cm³/mol. The highest BCUT2D eigenvalue weighted by Crippen LogP contribution is 2.34. The van der Waals surface area contributed by atoms with Crippen LogP contribution in [0.1, 0.15) is 18.6 Å². The second-order valence-electron chi connectivity index (χ2n) is 4.52. The van der Waals surface area contributed by atoms with Gasteiger partial charge in [-0.25, -0.2) is 4.98 Å². The van der Waals surface area contributed by atoms with Crippen LogP contribution in [0, 0.1) is 0 Å². The standard InChI is InChI=1S/C15H13BrN2OS/c1-9(19)11-7-6-10(16)8-14(11)20-15-17-12-4-2-3-5-13(12)18-15/h2-9,19H,1H3,(H,17,18). The molecule has 5 heteroatoms. The number of fused-ring (bicyclic) bond motifs is 1. The van der Waals surface area contributed by atoms with Crippen molar-refractivity contribution >= 4 is 38.7 Å². The molecule has 0 spiro atoms. The highest BCUT2D eigenvalue weighted by atomic mass is 79.9. The van der Waals surface area contributed by atoms with Gasteiger partial charge in [0.05, 0.1) is 17.1 Å². The molecule has 0 aliphatic rings. The van der Waals surface area contributed by atoms with Crippen LogP contribution >= 0.6 is 27.7 Å². The summed E-state index contributed by atoms with van der Waals surface area (Å²) in [6, 6.07) is 13.8. The fraction of sp³-hybridized carbons (Fsp3) is 0.133. The summed E-state index contributed by atoms with van der Waals surface area (Å²) >= 11 is 4.99. The SMILES string of the molecule is CC(O)c1ccc(Br)cc1Sc1nc2ccccc2[nH]1. The fourth-order valence-electron chi connectivity index (χ4n) is 2.02. The van der Waals surface area contributed by atoms with Crippen molar-refractivity contribution in [3.63, 3.8) is 0 Å². The van der Waals surface area contributed by atoms with Crippen molar-refractivity contribution in [3.8, 4) is 0 Å². The number of imidazole rings is 1. The van der Waals surface area contributed by atoms with Crippen LogP contribution in [0.15, 0.2) is 57.0 Å². The minimum Gasteiger partial charge on any atom is -0.389 e. The zero-order valence-corrected chi connectivity index (χ0v) is 13.2. The van der Waals surface area contributed by atoms with Crippen molar-refractivity contribution in [1.29, 1.82) is 0 Å². The zero-order chi connectivity index (χ0) is 14.1. The van der Waals surface area contributed by atoms with Crippen molar-refractivity contribution < 1.29 is 5.11 Å². The highest BCUT2D eigenvalue weighted by molar-refractivity contribution is 9.10. The number of benzene rings is 2. The van der Waals surface area contributed by atoms with Gasteiger partial charge in [0.25, 0.3) is 0 Å². The van der Waals surface area contributed by atoms with Crippen molar-refractivity contribution in [3.05, 3.63) is 52.5 Å². The van der Waals surface area contributed by atoms with Gasteiger partial charge in [0.2, 0.25) is 0 Å². The lowest BCUT2D eigenvalue weighted by Crippen LogP contribution is -1.94. The number of aromatic amines is 1. The van der Waals surface area contributed by atoms with Gasteiger partial charge < -0.3 is 10.1 Å². The van der Waals surface area contributed by atoms with Crippen LogP contribution in [0.25, 0.3) is 11.0 Å². The largest absolute Gasteiger partial charge is 0.389 e. The van der Waals surface area contributed by atoms with Gasteiger partial charge in [0.15, 0.2) is 5.16 Å². The van der Waals surface area contributed by atoms with E-state index in [0.717, 1.165) is 31.1 Å². The maximum atomic E-state index is 9.85. The Bertz CT molecular complexity index is 721. The second kappa shape index (κ2) is 5.60. The molecule has 102 valence electrons. The van der Waals surface area contributed by atoms with Crippen LogP contribution in [-0.2, 0) is 0 Å². The summed E-state index contributed by atoms with van der Waals surface area (Å²) in [5.41, 5.74) is 2.87. The van der Waals surface area contributed by atoms with E-state index in [9.17, 15) is 5.11 Å². The normalized spacial score (nSPS) is 12.8. The van der Waals surface area contributed by atoms with E-state index in [1.54, 1.807) is 6.92 Å². The average molecular weight is 349 g/mol. The summed E-state index contributed by atoms with van der Waals surface area (Å²) in [6.45, 7) is 1.77. The quantitative estimate of drug-likeness (QED) is 0.730. The molecule has 2 N–H and O–H groups in total. The smallest absolute Gasteiger partial charge is 0.171 e. The maximum Gasteiger partial charge on any atom is 0.171 e. The summed E-state index contributed by atoms with van der Waals surface area (Å²) in [5, 5.41) is 10.7. The molecular weight excluding hydrogens is 336 g/mol. The molecule has 0 bridgehead atoms. The molecule has 1 atom stereocenters. The van der Waals surface area contributed by atoms with E-state index in [4.69, 9.17) is 0 Å². The van der Waals surface area contributed by atoms with Crippen molar-refractivity contribution in [1.82, 2.24) is 9.97 Å². The number of para-hydroxylation sites is 2. The molecule has 1 unspecified atom stereocenters. The lowest BCUT2D eigenvalue weighted by molar-refractivity contribution is 0.196. The molecule has 1 aromatic heterocycles. The average Bonchev–Trinajstić information content (AvgIpc) is 2.80. The lowest BCUT2D eigenvalue weighted by atomic mass is 10.1. The first kappa shape index (κ1) is 13.7. The van der Waals surface area contributed by atoms with Crippen LogP contribution < -0.4 is 0 Å². The lowest BCUT2D eigenvalue weighted by Gasteiger charge is -2.10. The summed E-state index contributed by atoms with van der Waals surface area (Å²) < 4.78 is 0.987. The highest BCUT2D eigenvalue weighted by Gasteiger charge is 2.12. The molecular formula is C15H13BrN2OS. The van der Waals surface area contributed by atoms with Gasteiger partial charge >= 0.3 is 0 Å². The molecule has 2 aromatic carbocycles. The number of H-pyrrole nitrogens is 1. The third-order valence-electron chi connectivity index (χ3n) is 3.00. The van der Waals surface area contributed by atoms with Crippen molar-refractivity contribution in [2.24, 2.45) is 0 Å². The van der Waals surface area contributed by atoms with Gasteiger partial charge in [-0.2, -0.15) is 0 Å². The van der Waals surface area contributed by atoms with E-state index in [1.807, 2.05) is 42.5 Å². The molecule has 20 heavy (non-hydrogen) atoms. The number of nitrogens with zero attached hydrogens (tertiary/aromatic N) is 1. The Labute approximate surface area is 129 Å². The van der Waals surface area contributed by atoms with E-state index < -0.39 is 6.10 Å². The number of hydrogen-bond acceptors (Lipinski definition) is 3. The first-order chi connectivity index (χ1) is 9.63. The van der Waals surface area contributed by atoms with Gasteiger partial charge in [-0.05, 0) is 36.8 Å². The Balaban J connectivity index is 1.99. The zero-order valence-electron chi connectivity index (χ0n) is 10.8. The molecule has 0 amide bonds. The van der Waals surface area contributed by atoms with Crippen molar-refractivity contribution in [2.75, 3.05) is 0 Å². The first-order valence-corrected chi connectivity index (χ1v) is 7.84. The van der Waals surface area contributed by atoms with Gasteiger partial charge in [0.1, 0.15) is 0 Å². The molecule has 3 rings (SSSR count). The Hall–Kier alpha value is -1.30. The molecule has 3 aromatic rings. The minimum absolute atomic E-state index is 0.505. The summed E-state index contributed by atoms with van der Waals surface area (Å²) in [5.74, 6) is 0. The molecule has 0 fully saturated rings. The van der Waals surface area contributed by atoms with E-state index in [1.165, 1.54) is 11.8 Å². The number of halogens is 1. The van der Waals surface area contributed by atoms with E-state index in [0.29, 0.717) is 0 Å². The molecule has 0 saturated heterocycles. The molecule has 0 aliphatic heterocycles. The van der Waals surface area contributed by atoms with Crippen LogP contribution in [-0.4, -0.2) is 15.1 Å². The number of hydrogen-bond donors (Lipinski definition) is 2. The Kier molecular flexibility index (Phi) is 3.83. The first-order valence-electron chi connectivity index (χ1n) is 6.23. The van der Waals surface area contributed by atoms with Gasteiger partial charge in [-0.3, -0.25) is 0 Å². The number of aliphatic hydroxyl groups is 1.